The number of thiophene rings is 1. The van der Waals surface area contributed by atoms with Crippen LogP contribution in [0.5, 0.6) is 11.5 Å². The van der Waals surface area contributed by atoms with Crippen LogP contribution in [-0.2, 0) is 17.8 Å². The minimum absolute atomic E-state index is 0.0362. The van der Waals surface area contributed by atoms with Crippen LogP contribution in [0.3, 0.4) is 0 Å². The van der Waals surface area contributed by atoms with Crippen LogP contribution in [0.2, 0.25) is 0 Å². The van der Waals surface area contributed by atoms with Gasteiger partial charge in [0.25, 0.3) is 0 Å². The van der Waals surface area contributed by atoms with E-state index in [1.807, 2.05) is 67.6 Å². The molecular weight excluding hydrogens is 555 g/mol. The van der Waals surface area contributed by atoms with Crippen LogP contribution in [0, 0.1) is 5.82 Å². The first-order valence-electron chi connectivity index (χ1n) is 13.5. The molecule has 5 aromatic rings. The third kappa shape index (κ3) is 5.74. The number of imidazole rings is 1. The first-order chi connectivity index (χ1) is 20.4. The molecule has 0 radical (unpaired) electrons. The number of amides is 3. The molecule has 0 bridgehead atoms. The summed E-state index contributed by atoms with van der Waals surface area (Å²) in [7, 11) is 4.06. The number of likely N-dealkylation sites (N-methyl/N-ethyl adjacent to an activating group) is 1. The Labute approximate surface area is 246 Å². The number of carbonyl (C=O) groups excluding carboxylic acids is 2. The molecule has 0 unspecified atom stereocenters. The molecule has 0 atom stereocenters. The standard InChI is InChI=1S/C31H29FN6O3S/c1-35(2)12-13-36-19-25(34-20-36)28-18-24-30(42-28)27(10-11-33-24)41-26-9-8-21(16-23(26)32)17-29(39)38-15-14-37(31(38)40)22-6-4-3-5-7-22/h3-11,16,18-20H,12-15,17H2,1-2H3. The first-order valence-corrected chi connectivity index (χ1v) is 14.4. The van der Waals surface area contributed by atoms with Crippen molar-refractivity contribution in [2.24, 2.45) is 0 Å². The second-order valence-corrected chi connectivity index (χ2v) is 11.3. The predicted octanol–water partition coefficient (Wildman–Crippen LogP) is 5.66. The number of imide groups is 1. The first kappa shape index (κ1) is 27.6. The molecule has 1 saturated heterocycles. The molecule has 214 valence electrons. The molecule has 0 aliphatic carbocycles. The van der Waals surface area contributed by atoms with Gasteiger partial charge in [0, 0.05) is 50.3 Å². The Bertz CT molecular complexity index is 1750. The van der Waals surface area contributed by atoms with Crippen molar-refractivity contribution in [2.75, 3.05) is 38.6 Å². The lowest BCUT2D eigenvalue weighted by atomic mass is 10.1. The van der Waals surface area contributed by atoms with E-state index in [4.69, 9.17) is 4.74 Å². The fraction of sp³-hybridized carbons (Fsp3) is 0.226. The summed E-state index contributed by atoms with van der Waals surface area (Å²) in [5.74, 6) is -0.457. The van der Waals surface area contributed by atoms with Crippen LogP contribution in [0.15, 0.2) is 79.4 Å². The van der Waals surface area contributed by atoms with E-state index >= 15 is 4.39 Å². The van der Waals surface area contributed by atoms with E-state index in [-0.39, 0.29) is 30.7 Å². The molecule has 4 heterocycles. The van der Waals surface area contributed by atoms with Gasteiger partial charge in [-0.05, 0) is 50.0 Å². The number of hydrogen-bond donors (Lipinski definition) is 0. The van der Waals surface area contributed by atoms with Gasteiger partial charge in [0.1, 0.15) is 5.75 Å². The average molecular weight is 585 g/mol. The van der Waals surface area contributed by atoms with Crippen molar-refractivity contribution in [1.82, 2.24) is 24.3 Å². The summed E-state index contributed by atoms with van der Waals surface area (Å²) < 4.78 is 24.0. The lowest BCUT2D eigenvalue weighted by Gasteiger charge is -2.17. The van der Waals surface area contributed by atoms with Gasteiger partial charge in [-0.1, -0.05) is 24.3 Å². The lowest BCUT2D eigenvalue weighted by Crippen LogP contribution is -2.37. The predicted molar refractivity (Wildman–Crippen MR) is 160 cm³/mol. The number of nitrogens with zero attached hydrogens (tertiary/aromatic N) is 6. The number of benzene rings is 2. The maximum absolute atomic E-state index is 15.2. The number of pyridine rings is 1. The summed E-state index contributed by atoms with van der Waals surface area (Å²) in [6, 6.07) is 16.9. The van der Waals surface area contributed by atoms with E-state index in [0.29, 0.717) is 17.9 Å². The molecule has 0 saturated carbocycles. The van der Waals surface area contributed by atoms with Gasteiger partial charge < -0.3 is 14.2 Å². The van der Waals surface area contributed by atoms with Gasteiger partial charge in [0.2, 0.25) is 5.91 Å². The number of rotatable bonds is 9. The van der Waals surface area contributed by atoms with Crippen LogP contribution >= 0.6 is 11.3 Å². The van der Waals surface area contributed by atoms with Gasteiger partial charge in [0.05, 0.1) is 33.5 Å². The van der Waals surface area contributed by atoms with Gasteiger partial charge in [-0.15, -0.1) is 11.3 Å². The summed E-state index contributed by atoms with van der Waals surface area (Å²) in [6.07, 6.45) is 5.35. The number of halogens is 1. The Hall–Kier alpha value is -4.61. The number of ether oxygens (including phenoxy) is 1. The van der Waals surface area contributed by atoms with Crippen LogP contribution < -0.4 is 9.64 Å². The molecule has 1 aliphatic heterocycles. The number of fused-ring (bicyclic) bond motifs is 1. The van der Waals surface area contributed by atoms with Gasteiger partial charge in [-0.25, -0.2) is 14.2 Å². The summed E-state index contributed by atoms with van der Waals surface area (Å²) in [6.45, 7) is 2.44. The number of para-hydroxylation sites is 1. The zero-order valence-corrected chi connectivity index (χ0v) is 24.1. The SMILES string of the molecule is CN(C)CCn1cnc(-c2cc3nccc(Oc4ccc(CC(=O)N5CCN(c6ccccc6)C5=O)cc4F)c3s2)c1. The minimum atomic E-state index is -0.597. The van der Waals surface area contributed by atoms with Crippen molar-refractivity contribution in [1.29, 1.82) is 0 Å². The van der Waals surface area contributed by atoms with E-state index in [1.165, 1.54) is 28.4 Å². The highest BCUT2D eigenvalue weighted by Crippen LogP contribution is 2.39. The molecule has 1 fully saturated rings. The second-order valence-electron chi connectivity index (χ2n) is 10.3. The number of carbonyl (C=O) groups is 2. The molecule has 3 amide bonds. The van der Waals surface area contributed by atoms with Crippen LogP contribution in [-0.4, -0.2) is 70.0 Å². The van der Waals surface area contributed by atoms with Gasteiger partial charge >= 0.3 is 6.03 Å². The molecule has 0 spiro atoms. The zero-order valence-electron chi connectivity index (χ0n) is 23.2. The molecule has 2 aromatic carbocycles. The number of hydrogen-bond acceptors (Lipinski definition) is 7. The molecule has 1 aliphatic rings. The normalized spacial score (nSPS) is 13.5. The van der Waals surface area contributed by atoms with Crippen LogP contribution in [0.25, 0.3) is 20.8 Å². The highest BCUT2D eigenvalue weighted by molar-refractivity contribution is 7.22. The maximum Gasteiger partial charge on any atom is 0.331 e. The summed E-state index contributed by atoms with van der Waals surface area (Å²) in [4.78, 5) is 40.6. The molecule has 42 heavy (non-hydrogen) atoms. The third-order valence-electron chi connectivity index (χ3n) is 7.02. The smallest absolute Gasteiger partial charge is 0.331 e. The fourth-order valence-corrected chi connectivity index (χ4v) is 5.81. The molecule has 3 aromatic heterocycles. The quantitative estimate of drug-likeness (QED) is 0.222. The lowest BCUT2D eigenvalue weighted by molar-refractivity contribution is -0.126. The average Bonchev–Trinajstić information content (AvgIpc) is 3.72. The van der Waals surface area contributed by atoms with Crippen molar-refractivity contribution in [3.63, 3.8) is 0 Å². The third-order valence-corrected chi connectivity index (χ3v) is 8.18. The van der Waals surface area contributed by atoms with Gasteiger partial charge in [0.15, 0.2) is 11.6 Å². The van der Waals surface area contributed by atoms with E-state index in [1.54, 1.807) is 23.2 Å². The molecule has 6 rings (SSSR count). The summed E-state index contributed by atoms with van der Waals surface area (Å²) in [5.41, 5.74) is 2.77. The number of anilines is 1. The summed E-state index contributed by atoms with van der Waals surface area (Å²) in [5, 5.41) is 0. The molecule has 11 heteroatoms. The Morgan fingerprint density at radius 3 is 2.67 bits per heavy atom. The minimum Gasteiger partial charge on any atom is -0.453 e. The molecular formula is C31H29FN6O3S. The topological polar surface area (TPSA) is 83.8 Å². The monoisotopic (exact) mass is 584 g/mol. The number of urea groups is 1. The highest BCUT2D eigenvalue weighted by atomic mass is 32.1. The highest BCUT2D eigenvalue weighted by Gasteiger charge is 2.33. The van der Waals surface area contributed by atoms with Crippen molar-refractivity contribution in [3.8, 4) is 22.1 Å². The van der Waals surface area contributed by atoms with Crippen molar-refractivity contribution in [2.45, 2.75) is 13.0 Å². The Balaban J connectivity index is 1.14. The van der Waals surface area contributed by atoms with Crippen molar-refractivity contribution < 1.29 is 18.7 Å². The van der Waals surface area contributed by atoms with E-state index in [9.17, 15) is 9.59 Å². The Kier molecular flexibility index (Phi) is 7.68. The number of aromatic nitrogens is 3. The van der Waals surface area contributed by atoms with Crippen LogP contribution in [0.4, 0.5) is 14.9 Å². The van der Waals surface area contributed by atoms with E-state index in [0.717, 1.165) is 39.6 Å². The van der Waals surface area contributed by atoms with Crippen LogP contribution in [0.1, 0.15) is 5.56 Å². The molecule has 0 N–H and O–H groups in total. The maximum atomic E-state index is 15.2. The second kappa shape index (κ2) is 11.7. The van der Waals surface area contributed by atoms with Gasteiger partial charge in [-0.2, -0.15) is 0 Å². The van der Waals surface area contributed by atoms with E-state index in [2.05, 4.69) is 14.9 Å². The molecule has 9 nitrogen and oxygen atoms in total. The van der Waals surface area contributed by atoms with Gasteiger partial charge in [-0.3, -0.25) is 19.6 Å². The van der Waals surface area contributed by atoms with E-state index < -0.39 is 5.82 Å². The Morgan fingerprint density at radius 1 is 1.05 bits per heavy atom. The fourth-order valence-electron chi connectivity index (χ4n) is 4.79. The zero-order chi connectivity index (χ0) is 29.2. The van der Waals surface area contributed by atoms with Crippen molar-refractivity contribution in [3.05, 3.63) is 90.8 Å². The Morgan fingerprint density at radius 2 is 1.88 bits per heavy atom. The van der Waals surface area contributed by atoms with Crippen molar-refractivity contribution >= 4 is 39.2 Å². The largest absolute Gasteiger partial charge is 0.453 e. The summed E-state index contributed by atoms with van der Waals surface area (Å²) >= 11 is 1.48.